The van der Waals surface area contributed by atoms with Crippen LogP contribution in [0.15, 0.2) is 52.9 Å². The van der Waals surface area contributed by atoms with Gasteiger partial charge in [0.2, 0.25) is 5.89 Å². The molecular formula is C15H14N2O. The van der Waals surface area contributed by atoms with E-state index < -0.39 is 0 Å². The van der Waals surface area contributed by atoms with E-state index in [9.17, 15) is 0 Å². The van der Waals surface area contributed by atoms with Crippen molar-refractivity contribution in [2.24, 2.45) is 0 Å². The zero-order valence-electron chi connectivity index (χ0n) is 10.2. The molecule has 2 aromatic carbocycles. The number of nitrogens with one attached hydrogen (secondary N) is 1. The van der Waals surface area contributed by atoms with Crippen LogP contribution in [0.25, 0.3) is 22.6 Å². The highest BCUT2D eigenvalue weighted by atomic mass is 16.3. The van der Waals surface area contributed by atoms with Crippen molar-refractivity contribution in [3.05, 3.63) is 48.5 Å². The summed E-state index contributed by atoms with van der Waals surface area (Å²) in [4.78, 5) is 4.52. The van der Waals surface area contributed by atoms with Crippen LogP contribution < -0.4 is 5.32 Å². The van der Waals surface area contributed by atoms with Crippen molar-refractivity contribution in [3.8, 4) is 11.5 Å². The molecule has 0 saturated carbocycles. The molecule has 3 nitrogen and oxygen atoms in total. The Morgan fingerprint density at radius 2 is 1.83 bits per heavy atom. The van der Waals surface area contributed by atoms with Crippen molar-refractivity contribution in [3.63, 3.8) is 0 Å². The lowest BCUT2D eigenvalue weighted by molar-refractivity contribution is 0.620. The van der Waals surface area contributed by atoms with Crippen LogP contribution in [0, 0.1) is 0 Å². The second-order valence-electron chi connectivity index (χ2n) is 4.06. The zero-order valence-corrected chi connectivity index (χ0v) is 10.2. The molecule has 18 heavy (non-hydrogen) atoms. The smallest absolute Gasteiger partial charge is 0.229 e. The molecule has 0 radical (unpaired) electrons. The Kier molecular flexibility index (Phi) is 2.73. The lowest BCUT2D eigenvalue weighted by Crippen LogP contribution is -1.98. The maximum atomic E-state index is 5.79. The van der Waals surface area contributed by atoms with Gasteiger partial charge in [-0.15, -0.1) is 0 Å². The molecule has 90 valence electrons. The van der Waals surface area contributed by atoms with Gasteiger partial charge in [0, 0.05) is 12.2 Å². The Morgan fingerprint density at radius 1 is 1.06 bits per heavy atom. The molecule has 3 rings (SSSR count). The second-order valence-corrected chi connectivity index (χ2v) is 4.06. The van der Waals surface area contributed by atoms with Gasteiger partial charge in [-0.05, 0) is 31.2 Å². The Morgan fingerprint density at radius 3 is 2.67 bits per heavy atom. The van der Waals surface area contributed by atoms with Crippen molar-refractivity contribution in [2.75, 3.05) is 11.9 Å². The molecule has 0 saturated heterocycles. The number of benzene rings is 2. The van der Waals surface area contributed by atoms with E-state index in [1.165, 1.54) is 0 Å². The summed E-state index contributed by atoms with van der Waals surface area (Å²) in [5.41, 5.74) is 3.75. The van der Waals surface area contributed by atoms with Gasteiger partial charge in [0.1, 0.15) is 5.52 Å². The fourth-order valence-corrected chi connectivity index (χ4v) is 2.00. The summed E-state index contributed by atoms with van der Waals surface area (Å²) in [7, 11) is 0. The Labute approximate surface area is 105 Å². The van der Waals surface area contributed by atoms with E-state index in [0.29, 0.717) is 5.89 Å². The predicted molar refractivity (Wildman–Crippen MR) is 73.6 cm³/mol. The lowest BCUT2D eigenvalue weighted by Gasteiger charge is -2.06. The number of fused-ring (bicyclic) bond motifs is 1. The maximum Gasteiger partial charge on any atom is 0.229 e. The molecule has 0 aliphatic carbocycles. The fraction of sp³-hybridized carbons (Fsp3) is 0.133. The van der Waals surface area contributed by atoms with Crippen molar-refractivity contribution in [1.82, 2.24) is 4.98 Å². The lowest BCUT2D eigenvalue weighted by atomic mass is 10.2. The number of rotatable bonds is 3. The van der Waals surface area contributed by atoms with Crippen molar-refractivity contribution >= 4 is 16.8 Å². The Balaban J connectivity index is 2.13. The number of para-hydroxylation sites is 3. The topological polar surface area (TPSA) is 38.1 Å². The van der Waals surface area contributed by atoms with Gasteiger partial charge in [-0.2, -0.15) is 0 Å². The number of hydrogen-bond donors (Lipinski definition) is 1. The fourth-order valence-electron chi connectivity index (χ4n) is 2.00. The molecule has 1 heterocycles. The van der Waals surface area contributed by atoms with Gasteiger partial charge < -0.3 is 9.73 Å². The molecule has 0 atom stereocenters. The molecule has 1 N–H and O–H groups in total. The molecule has 0 aliphatic heterocycles. The van der Waals surface area contributed by atoms with Crippen LogP contribution in [0.2, 0.25) is 0 Å². The molecule has 0 aliphatic rings. The minimum absolute atomic E-state index is 0.660. The van der Waals surface area contributed by atoms with Crippen LogP contribution in [0.3, 0.4) is 0 Å². The van der Waals surface area contributed by atoms with Crippen molar-refractivity contribution < 1.29 is 4.42 Å². The van der Waals surface area contributed by atoms with Gasteiger partial charge in [0.25, 0.3) is 0 Å². The van der Waals surface area contributed by atoms with Crippen LogP contribution in [-0.4, -0.2) is 11.5 Å². The number of oxazole rings is 1. The second kappa shape index (κ2) is 4.53. The third-order valence-corrected chi connectivity index (χ3v) is 2.82. The highest BCUT2D eigenvalue weighted by Gasteiger charge is 2.10. The Bertz CT molecular complexity index is 640. The first-order valence-electron chi connectivity index (χ1n) is 6.07. The van der Waals surface area contributed by atoms with Crippen LogP contribution in [-0.2, 0) is 0 Å². The first-order valence-corrected chi connectivity index (χ1v) is 6.07. The molecule has 0 spiro atoms. The van der Waals surface area contributed by atoms with E-state index in [1.807, 2.05) is 48.5 Å². The van der Waals surface area contributed by atoms with E-state index in [1.54, 1.807) is 0 Å². The third-order valence-electron chi connectivity index (χ3n) is 2.82. The average Bonchev–Trinajstić information content (AvgIpc) is 2.83. The van der Waals surface area contributed by atoms with Crippen molar-refractivity contribution in [2.45, 2.75) is 6.92 Å². The van der Waals surface area contributed by atoms with E-state index in [0.717, 1.165) is 28.9 Å². The van der Waals surface area contributed by atoms with Gasteiger partial charge in [-0.3, -0.25) is 0 Å². The molecule has 3 aromatic rings. The van der Waals surface area contributed by atoms with E-state index in [4.69, 9.17) is 4.42 Å². The number of anilines is 1. The average molecular weight is 238 g/mol. The van der Waals surface area contributed by atoms with Crippen LogP contribution in [0.4, 0.5) is 5.69 Å². The largest absolute Gasteiger partial charge is 0.436 e. The summed E-state index contributed by atoms with van der Waals surface area (Å²) in [5, 5.41) is 3.32. The standard InChI is InChI=1S/C15H14N2O/c1-2-16-12-8-4-3-7-11(12)15-17-13-9-5-6-10-14(13)18-15/h3-10,16H,2H2,1H3. The first kappa shape index (κ1) is 10.8. The van der Waals surface area contributed by atoms with Gasteiger partial charge in [-0.1, -0.05) is 24.3 Å². The van der Waals surface area contributed by atoms with Gasteiger partial charge >= 0.3 is 0 Å². The van der Waals surface area contributed by atoms with E-state index >= 15 is 0 Å². The summed E-state index contributed by atoms with van der Waals surface area (Å²) in [6.07, 6.45) is 0. The predicted octanol–water partition coefficient (Wildman–Crippen LogP) is 3.93. The monoisotopic (exact) mass is 238 g/mol. The minimum Gasteiger partial charge on any atom is -0.436 e. The van der Waals surface area contributed by atoms with Crippen molar-refractivity contribution in [1.29, 1.82) is 0 Å². The Hall–Kier alpha value is -2.29. The van der Waals surface area contributed by atoms with E-state index in [-0.39, 0.29) is 0 Å². The molecule has 0 bridgehead atoms. The molecule has 1 aromatic heterocycles. The van der Waals surface area contributed by atoms with Gasteiger partial charge in [0.05, 0.1) is 5.56 Å². The molecular weight excluding hydrogens is 224 g/mol. The summed E-state index contributed by atoms with van der Waals surface area (Å²) < 4.78 is 5.79. The number of aromatic nitrogens is 1. The summed E-state index contributed by atoms with van der Waals surface area (Å²) >= 11 is 0. The summed E-state index contributed by atoms with van der Waals surface area (Å²) in [6.45, 7) is 2.94. The van der Waals surface area contributed by atoms with Crippen LogP contribution in [0.5, 0.6) is 0 Å². The van der Waals surface area contributed by atoms with Crippen LogP contribution >= 0.6 is 0 Å². The normalized spacial score (nSPS) is 10.7. The number of hydrogen-bond acceptors (Lipinski definition) is 3. The van der Waals surface area contributed by atoms with Gasteiger partial charge in [0.15, 0.2) is 5.58 Å². The SMILES string of the molecule is CCNc1ccccc1-c1nc2ccccc2o1. The number of nitrogens with zero attached hydrogens (tertiary/aromatic N) is 1. The molecule has 3 heteroatoms. The molecule has 0 unspecified atom stereocenters. The molecule has 0 fully saturated rings. The minimum atomic E-state index is 0.660. The first-order chi connectivity index (χ1) is 8.88. The zero-order chi connectivity index (χ0) is 12.4. The summed E-state index contributed by atoms with van der Waals surface area (Å²) in [5.74, 6) is 0.660. The quantitative estimate of drug-likeness (QED) is 0.751. The molecule has 0 amide bonds. The van der Waals surface area contributed by atoms with E-state index in [2.05, 4.69) is 17.2 Å². The highest BCUT2D eigenvalue weighted by Crippen LogP contribution is 2.29. The maximum absolute atomic E-state index is 5.79. The van der Waals surface area contributed by atoms with Crippen LogP contribution in [0.1, 0.15) is 6.92 Å². The third kappa shape index (κ3) is 1.84. The summed E-state index contributed by atoms with van der Waals surface area (Å²) in [6, 6.07) is 15.9. The highest BCUT2D eigenvalue weighted by molar-refractivity contribution is 5.80. The van der Waals surface area contributed by atoms with Gasteiger partial charge in [-0.25, -0.2) is 4.98 Å².